The van der Waals surface area contributed by atoms with E-state index < -0.39 is 0 Å². The second kappa shape index (κ2) is 6.79. The number of rotatable bonds is 4. The van der Waals surface area contributed by atoms with Gasteiger partial charge in [-0.3, -0.25) is 4.90 Å². The van der Waals surface area contributed by atoms with Gasteiger partial charge in [-0.1, -0.05) is 24.6 Å². The van der Waals surface area contributed by atoms with Crippen LogP contribution in [0.1, 0.15) is 38.8 Å². The molecule has 1 aliphatic rings. The van der Waals surface area contributed by atoms with Crippen molar-refractivity contribution in [2.75, 3.05) is 31.1 Å². The van der Waals surface area contributed by atoms with Gasteiger partial charge in [-0.05, 0) is 38.0 Å². The predicted molar refractivity (Wildman–Crippen MR) is 87.6 cm³/mol. The lowest BCUT2D eigenvalue weighted by atomic mass is 10.1. The van der Waals surface area contributed by atoms with E-state index in [4.69, 9.17) is 17.3 Å². The Morgan fingerprint density at radius 2 is 1.85 bits per heavy atom. The van der Waals surface area contributed by atoms with Gasteiger partial charge in [-0.2, -0.15) is 0 Å². The highest BCUT2D eigenvalue weighted by atomic mass is 35.5. The minimum atomic E-state index is 0.0313. The van der Waals surface area contributed by atoms with Gasteiger partial charge < -0.3 is 10.6 Å². The van der Waals surface area contributed by atoms with Crippen LogP contribution in [0.25, 0.3) is 0 Å². The number of halogens is 1. The Kier molecular flexibility index (Phi) is 5.30. The SMILES string of the molecule is CCC(C)N1CCN(c2ccc([C@@H](C)N)cc2Cl)CC1. The van der Waals surface area contributed by atoms with Crippen molar-refractivity contribution < 1.29 is 0 Å². The molecule has 4 heteroatoms. The highest BCUT2D eigenvalue weighted by molar-refractivity contribution is 6.33. The van der Waals surface area contributed by atoms with Crippen LogP contribution < -0.4 is 10.6 Å². The maximum atomic E-state index is 6.42. The molecule has 1 aliphatic heterocycles. The van der Waals surface area contributed by atoms with Crippen LogP contribution in [0.2, 0.25) is 5.02 Å². The summed E-state index contributed by atoms with van der Waals surface area (Å²) in [6.07, 6.45) is 1.21. The molecule has 1 saturated heterocycles. The van der Waals surface area contributed by atoms with Crippen molar-refractivity contribution in [2.45, 2.75) is 39.3 Å². The summed E-state index contributed by atoms with van der Waals surface area (Å²) in [6.45, 7) is 10.8. The molecule has 0 amide bonds. The lowest BCUT2D eigenvalue weighted by Gasteiger charge is -2.39. The Bertz CT molecular complexity index is 439. The molecule has 2 atom stereocenters. The Balaban J connectivity index is 2.04. The molecule has 2 N–H and O–H groups in total. The zero-order chi connectivity index (χ0) is 14.7. The molecule has 1 fully saturated rings. The van der Waals surface area contributed by atoms with E-state index in [9.17, 15) is 0 Å². The smallest absolute Gasteiger partial charge is 0.0642 e. The Labute approximate surface area is 127 Å². The van der Waals surface area contributed by atoms with Gasteiger partial charge in [-0.25, -0.2) is 0 Å². The van der Waals surface area contributed by atoms with E-state index in [2.05, 4.69) is 35.8 Å². The third-order valence-corrected chi connectivity index (χ3v) is 4.67. The molecule has 2 rings (SSSR count). The highest BCUT2D eigenvalue weighted by Crippen LogP contribution is 2.29. The first-order chi connectivity index (χ1) is 9.52. The maximum absolute atomic E-state index is 6.42. The molecule has 0 radical (unpaired) electrons. The molecule has 0 saturated carbocycles. The van der Waals surface area contributed by atoms with E-state index in [1.54, 1.807) is 0 Å². The molecular formula is C16H26ClN3. The predicted octanol–water partition coefficient (Wildman–Crippen LogP) is 3.28. The maximum Gasteiger partial charge on any atom is 0.0642 e. The number of hydrogen-bond donors (Lipinski definition) is 1. The van der Waals surface area contributed by atoms with Crippen LogP contribution in [0.15, 0.2) is 18.2 Å². The van der Waals surface area contributed by atoms with Crippen LogP contribution in [-0.2, 0) is 0 Å². The van der Waals surface area contributed by atoms with Gasteiger partial charge in [0.1, 0.15) is 0 Å². The van der Waals surface area contributed by atoms with Gasteiger partial charge in [0.05, 0.1) is 10.7 Å². The first kappa shape index (κ1) is 15.6. The number of nitrogens with two attached hydrogens (primary N) is 1. The fourth-order valence-electron chi connectivity index (χ4n) is 2.72. The summed E-state index contributed by atoms with van der Waals surface area (Å²) in [7, 11) is 0. The Hall–Kier alpha value is -0.770. The average molecular weight is 296 g/mol. The molecule has 0 spiro atoms. The molecule has 1 unspecified atom stereocenters. The van der Waals surface area contributed by atoms with Crippen LogP contribution in [0.3, 0.4) is 0 Å². The van der Waals surface area contributed by atoms with Crippen molar-refractivity contribution in [3.05, 3.63) is 28.8 Å². The van der Waals surface area contributed by atoms with Gasteiger partial charge in [0.15, 0.2) is 0 Å². The average Bonchev–Trinajstić information content (AvgIpc) is 2.46. The quantitative estimate of drug-likeness (QED) is 0.925. The molecule has 3 nitrogen and oxygen atoms in total. The molecule has 1 aromatic carbocycles. The molecule has 1 heterocycles. The van der Waals surface area contributed by atoms with Crippen molar-refractivity contribution in [1.29, 1.82) is 0 Å². The van der Waals surface area contributed by atoms with Gasteiger partial charge >= 0.3 is 0 Å². The minimum absolute atomic E-state index is 0.0313. The minimum Gasteiger partial charge on any atom is -0.368 e. The summed E-state index contributed by atoms with van der Waals surface area (Å²) in [4.78, 5) is 4.94. The first-order valence-corrected chi connectivity index (χ1v) is 7.94. The van der Waals surface area contributed by atoms with E-state index in [-0.39, 0.29) is 6.04 Å². The second-order valence-electron chi connectivity index (χ2n) is 5.78. The summed E-state index contributed by atoms with van der Waals surface area (Å²) in [5.41, 5.74) is 8.13. The van der Waals surface area contributed by atoms with Gasteiger partial charge in [0.25, 0.3) is 0 Å². The van der Waals surface area contributed by atoms with E-state index >= 15 is 0 Å². The Morgan fingerprint density at radius 3 is 2.35 bits per heavy atom. The summed E-state index contributed by atoms with van der Waals surface area (Å²) >= 11 is 6.42. The zero-order valence-corrected chi connectivity index (χ0v) is 13.5. The fourth-order valence-corrected chi connectivity index (χ4v) is 3.03. The molecule has 1 aromatic rings. The lowest BCUT2D eigenvalue weighted by Crippen LogP contribution is -2.49. The summed E-state index contributed by atoms with van der Waals surface area (Å²) < 4.78 is 0. The van der Waals surface area contributed by atoms with E-state index in [0.717, 1.165) is 42.5 Å². The van der Waals surface area contributed by atoms with Crippen molar-refractivity contribution in [3.63, 3.8) is 0 Å². The monoisotopic (exact) mass is 295 g/mol. The largest absolute Gasteiger partial charge is 0.368 e. The van der Waals surface area contributed by atoms with E-state index in [1.165, 1.54) is 6.42 Å². The van der Waals surface area contributed by atoms with Crippen LogP contribution in [0.5, 0.6) is 0 Å². The van der Waals surface area contributed by atoms with E-state index in [1.807, 2.05) is 13.0 Å². The Morgan fingerprint density at radius 1 is 1.20 bits per heavy atom. The van der Waals surface area contributed by atoms with E-state index in [0.29, 0.717) is 6.04 Å². The topological polar surface area (TPSA) is 32.5 Å². The molecular weight excluding hydrogens is 270 g/mol. The van der Waals surface area contributed by atoms with Crippen LogP contribution >= 0.6 is 11.6 Å². The summed E-state index contributed by atoms with van der Waals surface area (Å²) in [5.74, 6) is 0. The van der Waals surface area contributed by atoms with Crippen molar-refractivity contribution >= 4 is 17.3 Å². The van der Waals surface area contributed by atoms with Crippen molar-refractivity contribution in [2.24, 2.45) is 5.73 Å². The number of benzene rings is 1. The molecule has 0 bridgehead atoms. The number of hydrogen-bond acceptors (Lipinski definition) is 3. The molecule has 112 valence electrons. The normalized spacial score (nSPS) is 19.9. The van der Waals surface area contributed by atoms with Gasteiger partial charge in [0.2, 0.25) is 0 Å². The van der Waals surface area contributed by atoms with Crippen LogP contribution in [0, 0.1) is 0 Å². The molecule has 20 heavy (non-hydrogen) atoms. The third kappa shape index (κ3) is 3.46. The number of nitrogens with zero attached hydrogens (tertiary/aromatic N) is 2. The van der Waals surface area contributed by atoms with Crippen molar-refractivity contribution in [1.82, 2.24) is 4.90 Å². The second-order valence-corrected chi connectivity index (χ2v) is 6.19. The molecule has 0 aliphatic carbocycles. The summed E-state index contributed by atoms with van der Waals surface area (Å²) in [5, 5.41) is 0.816. The fraction of sp³-hybridized carbons (Fsp3) is 0.625. The van der Waals surface area contributed by atoms with Gasteiger partial charge in [-0.15, -0.1) is 0 Å². The number of anilines is 1. The van der Waals surface area contributed by atoms with Gasteiger partial charge in [0, 0.05) is 38.3 Å². The standard InChI is InChI=1S/C16H26ClN3/c1-4-12(2)19-7-9-20(10-8-19)16-6-5-14(13(3)18)11-15(16)17/h5-6,11-13H,4,7-10,18H2,1-3H3/t12?,13-/m1/s1. The lowest BCUT2D eigenvalue weighted by molar-refractivity contribution is 0.193. The first-order valence-electron chi connectivity index (χ1n) is 7.57. The molecule has 0 aromatic heterocycles. The van der Waals surface area contributed by atoms with Crippen LogP contribution in [-0.4, -0.2) is 37.1 Å². The number of piperazine rings is 1. The highest BCUT2D eigenvalue weighted by Gasteiger charge is 2.21. The van der Waals surface area contributed by atoms with Crippen LogP contribution in [0.4, 0.5) is 5.69 Å². The van der Waals surface area contributed by atoms with Crippen molar-refractivity contribution in [3.8, 4) is 0 Å². The summed E-state index contributed by atoms with van der Waals surface area (Å²) in [6, 6.07) is 6.91. The third-order valence-electron chi connectivity index (χ3n) is 4.37. The zero-order valence-electron chi connectivity index (χ0n) is 12.8.